The minimum absolute atomic E-state index is 0.0362. The maximum absolute atomic E-state index is 14.3. The molecule has 5 N–H and O–H groups in total. The summed E-state index contributed by atoms with van der Waals surface area (Å²) >= 11 is 0. The number of benzene rings is 1. The van der Waals surface area contributed by atoms with Gasteiger partial charge in [0.2, 0.25) is 15.8 Å². The number of hydrogen-bond donors (Lipinski definition) is 5. The van der Waals surface area contributed by atoms with Gasteiger partial charge in [0.15, 0.2) is 5.78 Å². The Kier molecular flexibility index (Phi) is 6.44. The molecule has 1 aromatic carbocycles. The molecule has 0 amide bonds. The molecule has 4 bridgehead atoms. The number of carbonyl (C=O) groups excluding carboxylic acids is 1. The number of Topliss-reactive ketones (excluding diaryl/α,β-unsaturated/α-hetero) is 1. The van der Waals surface area contributed by atoms with Gasteiger partial charge in [-0.3, -0.25) is 4.79 Å². The van der Waals surface area contributed by atoms with E-state index in [1.165, 1.54) is 0 Å². The van der Waals surface area contributed by atoms with Gasteiger partial charge in [-0.05, 0) is 73.6 Å². The number of sulfonamides is 1. The van der Waals surface area contributed by atoms with Gasteiger partial charge < -0.3 is 25.2 Å². The molecule has 228 valence electrons. The van der Waals surface area contributed by atoms with Crippen LogP contribution in [0.2, 0.25) is 0 Å². The highest BCUT2D eigenvalue weighted by atomic mass is 32.2. The molecule has 9 nitrogen and oxygen atoms in total. The SMILES string of the molecule is CC1(C)CC[C@H](O)[C@]23COC(O)([C@@H](O)[C@H]12)[C@]12C(=O)C(CCNS(=O)(=O)c4ccc(C(F)(F)F)cc4)[C@H](CC[C@@H]31)[C@H]2O. The number of rotatable bonds is 5. The van der Waals surface area contributed by atoms with Crippen molar-refractivity contribution in [1.82, 2.24) is 4.72 Å². The van der Waals surface area contributed by atoms with Crippen LogP contribution in [0.5, 0.6) is 0 Å². The van der Waals surface area contributed by atoms with Crippen molar-refractivity contribution in [3.8, 4) is 0 Å². The third-order valence-electron chi connectivity index (χ3n) is 11.3. The van der Waals surface area contributed by atoms with Gasteiger partial charge in [-0.15, -0.1) is 0 Å². The summed E-state index contributed by atoms with van der Waals surface area (Å²) in [5.74, 6) is -5.60. The number of nitrogens with one attached hydrogen (secondary N) is 1. The average Bonchev–Trinajstić information content (AvgIpc) is 3.00. The van der Waals surface area contributed by atoms with Gasteiger partial charge in [0.05, 0.1) is 29.3 Å². The third-order valence-corrected chi connectivity index (χ3v) is 12.8. The van der Waals surface area contributed by atoms with Crippen LogP contribution < -0.4 is 4.72 Å². The standard InChI is InChI=1S/C28H36F3NO8S/c1-24(2)11-9-19(33)25-13-40-27(37,23(36)20(24)25)26-18(25)8-7-16(21(26)34)17(22(26)35)10-12-32-41(38,39)15-5-3-14(4-6-15)28(29,30)31/h3-6,16-21,23,32-34,36-37H,7-13H2,1-2H3/t16-,17?,18-,19-,20+,21+,23-,25+,26+,27?/m0/s1. The zero-order chi connectivity index (χ0) is 30.0. The molecule has 4 saturated carbocycles. The molecule has 6 fully saturated rings. The van der Waals surface area contributed by atoms with Crippen LogP contribution in [0.4, 0.5) is 13.2 Å². The Bertz CT molecular complexity index is 1350. The first-order valence-corrected chi connectivity index (χ1v) is 15.6. The summed E-state index contributed by atoms with van der Waals surface area (Å²) < 4.78 is 72.4. The first-order valence-electron chi connectivity index (χ1n) is 14.1. The van der Waals surface area contributed by atoms with E-state index in [9.17, 15) is 46.8 Å². The summed E-state index contributed by atoms with van der Waals surface area (Å²) in [4.78, 5) is 13.9. The Morgan fingerprint density at radius 2 is 1.71 bits per heavy atom. The van der Waals surface area contributed by atoms with Crippen LogP contribution in [0.15, 0.2) is 29.2 Å². The van der Waals surface area contributed by atoms with Crippen molar-refractivity contribution in [3.63, 3.8) is 0 Å². The van der Waals surface area contributed by atoms with E-state index in [0.29, 0.717) is 37.8 Å². The van der Waals surface area contributed by atoms with Crippen LogP contribution in [0.3, 0.4) is 0 Å². The lowest BCUT2D eigenvalue weighted by Crippen LogP contribution is -2.85. The number of alkyl halides is 3. The second-order valence-corrected chi connectivity index (χ2v) is 15.1. The lowest BCUT2D eigenvalue weighted by Gasteiger charge is -2.74. The number of ether oxygens (including phenoxy) is 1. The Labute approximate surface area is 236 Å². The molecule has 10 atom stereocenters. The van der Waals surface area contributed by atoms with Crippen molar-refractivity contribution in [2.45, 2.75) is 81.1 Å². The highest BCUT2D eigenvalue weighted by molar-refractivity contribution is 7.89. The summed E-state index contributed by atoms with van der Waals surface area (Å²) in [6.07, 6.45) is -6.61. The van der Waals surface area contributed by atoms with Gasteiger partial charge >= 0.3 is 6.18 Å². The number of halogens is 3. The predicted molar refractivity (Wildman–Crippen MR) is 136 cm³/mol. The van der Waals surface area contributed by atoms with Crippen molar-refractivity contribution >= 4 is 15.8 Å². The van der Waals surface area contributed by atoms with Crippen LogP contribution in [0, 0.1) is 39.9 Å². The van der Waals surface area contributed by atoms with E-state index in [4.69, 9.17) is 4.74 Å². The average molecular weight is 604 g/mol. The molecular weight excluding hydrogens is 567 g/mol. The smallest absolute Gasteiger partial charge is 0.392 e. The van der Waals surface area contributed by atoms with Crippen LogP contribution >= 0.6 is 0 Å². The number of hydrogen-bond acceptors (Lipinski definition) is 8. The number of aliphatic hydroxyl groups is 4. The highest BCUT2D eigenvalue weighted by Gasteiger charge is 2.87. The van der Waals surface area contributed by atoms with E-state index >= 15 is 0 Å². The molecular formula is C28H36F3NO8S. The second kappa shape index (κ2) is 8.96. The lowest BCUT2D eigenvalue weighted by molar-refractivity contribution is -0.458. The van der Waals surface area contributed by atoms with Crippen molar-refractivity contribution in [2.75, 3.05) is 13.2 Å². The lowest BCUT2D eigenvalue weighted by atomic mass is 9.35. The number of carbonyl (C=O) groups is 1. The molecule has 0 radical (unpaired) electrons. The first-order chi connectivity index (χ1) is 19.0. The minimum Gasteiger partial charge on any atom is -0.392 e. The number of fused-ring (bicyclic) bond motifs is 2. The number of ketones is 1. The van der Waals surface area contributed by atoms with Gasteiger partial charge in [0.25, 0.3) is 0 Å². The summed E-state index contributed by atoms with van der Waals surface area (Å²) in [6, 6.07) is 3.05. The Morgan fingerprint density at radius 1 is 1.05 bits per heavy atom. The molecule has 7 rings (SSSR count). The molecule has 2 unspecified atom stereocenters. The van der Waals surface area contributed by atoms with Gasteiger partial charge in [0, 0.05) is 23.8 Å². The van der Waals surface area contributed by atoms with Crippen molar-refractivity contribution in [3.05, 3.63) is 29.8 Å². The van der Waals surface area contributed by atoms with E-state index in [2.05, 4.69) is 4.72 Å². The van der Waals surface area contributed by atoms with Crippen molar-refractivity contribution in [1.29, 1.82) is 0 Å². The van der Waals surface area contributed by atoms with E-state index in [1.807, 2.05) is 13.8 Å². The largest absolute Gasteiger partial charge is 0.416 e. The molecule has 2 spiro atoms. The minimum atomic E-state index is -4.61. The van der Waals surface area contributed by atoms with Gasteiger partial charge in [0.1, 0.15) is 11.5 Å². The summed E-state index contributed by atoms with van der Waals surface area (Å²) in [5.41, 5.74) is -4.39. The Morgan fingerprint density at radius 3 is 2.34 bits per heavy atom. The Hall–Kier alpha value is -1.61. The van der Waals surface area contributed by atoms with E-state index in [-0.39, 0.29) is 24.5 Å². The molecule has 2 aliphatic heterocycles. The van der Waals surface area contributed by atoms with E-state index in [0.717, 1.165) is 12.1 Å². The molecule has 6 aliphatic rings. The molecule has 2 heterocycles. The first kappa shape index (κ1) is 29.5. The topological polar surface area (TPSA) is 153 Å². The van der Waals surface area contributed by atoms with Gasteiger partial charge in [-0.1, -0.05) is 13.8 Å². The maximum atomic E-state index is 14.3. The summed E-state index contributed by atoms with van der Waals surface area (Å²) in [6.45, 7) is 3.64. The van der Waals surface area contributed by atoms with E-state index < -0.39 is 91.6 Å². The van der Waals surface area contributed by atoms with Crippen LogP contribution in [0.1, 0.15) is 51.5 Å². The van der Waals surface area contributed by atoms with Crippen molar-refractivity contribution < 1.29 is 51.5 Å². The van der Waals surface area contributed by atoms with Gasteiger partial charge in [-0.2, -0.15) is 13.2 Å². The highest BCUT2D eigenvalue weighted by Crippen LogP contribution is 2.76. The molecule has 4 aliphatic carbocycles. The predicted octanol–water partition coefficient (Wildman–Crippen LogP) is 1.82. The van der Waals surface area contributed by atoms with Crippen LogP contribution in [-0.4, -0.2) is 71.9 Å². The summed E-state index contributed by atoms with van der Waals surface area (Å²) in [5, 5.41) is 46.8. The molecule has 2 saturated heterocycles. The third kappa shape index (κ3) is 3.63. The monoisotopic (exact) mass is 603 g/mol. The zero-order valence-corrected chi connectivity index (χ0v) is 23.6. The second-order valence-electron chi connectivity index (χ2n) is 13.4. The zero-order valence-electron chi connectivity index (χ0n) is 22.8. The molecule has 13 heteroatoms. The number of aliphatic hydroxyl groups excluding tert-OH is 3. The fourth-order valence-corrected chi connectivity index (χ4v) is 10.7. The van der Waals surface area contributed by atoms with Crippen LogP contribution in [0.25, 0.3) is 0 Å². The maximum Gasteiger partial charge on any atom is 0.416 e. The Balaban J connectivity index is 1.28. The fourth-order valence-electron chi connectivity index (χ4n) is 9.69. The quantitative estimate of drug-likeness (QED) is 0.342. The normalized spacial score (nSPS) is 44.9. The van der Waals surface area contributed by atoms with Crippen molar-refractivity contribution in [2.24, 2.45) is 39.9 Å². The van der Waals surface area contributed by atoms with E-state index in [1.54, 1.807) is 0 Å². The molecule has 41 heavy (non-hydrogen) atoms. The summed E-state index contributed by atoms with van der Waals surface area (Å²) in [7, 11) is -4.20. The molecule has 1 aromatic rings. The van der Waals surface area contributed by atoms with Crippen LogP contribution in [-0.2, 0) is 25.7 Å². The fraction of sp³-hybridized carbons (Fsp3) is 0.750. The molecule has 0 aromatic heterocycles. The van der Waals surface area contributed by atoms with Gasteiger partial charge in [-0.25, -0.2) is 13.1 Å².